The standard InChI is InChI=1S/C18H24N2O/c1-13(21)16-6-5-14(12-19)11-17(16)20-9-7-15(8-10-20)18(2,3)4/h5-6,11,15H,7-10H2,1-4H3. The Hall–Kier alpha value is -1.82. The minimum Gasteiger partial charge on any atom is -0.371 e. The molecule has 0 N–H and O–H groups in total. The number of Topliss-reactive ketones (excluding diaryl/α,β-unsaturated/α-hetero) is 1. The number of nitrogens with zero attached hydrogens (tertiary/aromatic N) is 2. The molecule has 0 spiro atoms. The van der Waals surface area contributed by atoms with Crippen LogP contribution in [0.15, 0.2) is 18.2 Å². The maximum absolute atomic E-state index is 11.8. The van der Waals surface area contributed by atoms with E-state index in [4.69, 9.17) is 5.26 Å². The molecular weight excluding hydrogens is 260 g/mol. The predicted molar refractivity (Wildman–Crippen MR) is 85.6 cm³/mol. The van der Waals surface area contributed by atoms with E-state index >= 15 is 0 Å². The third-order valence-electron chi connectivity index (χ3n) is 4.57. The van der Waals surface area contributed by atoms with Crippen LogP contribution < -0.4 is 4.90 Å². The monoisotopic (exact) mass is 284 g/mol. The maximum atomic E-state index is 11.8. The number of nitriles is 1. The van der Waals surface area contributed by atoms with E-state index < -0.39 is 0 Å². The van der Waals surface area contributed by atoms with Gasteiger partial charge in [-0.1, -0.05) is 20.8 Å². The van der Waals surface area contributed by atoms with Crippen LogP contribution in [0, 0.1) is 22.7 Å². The summed E-state index contributed by atoms with van der Waals surface area (Å²) < 4.78 is 0. The Morgan fingerprint density at radius 3 is 2.38 bits per heavy atom. The summed E-state index contributed by atoms with van der Waals surface area (Å²) in [4.78, 5) is 14.1. The number of rotatable bonds is 2. The molecule has 0 radical (unpaired) electrons. The second-order valence-electron chi connectivity index (χ2n) is 7.03. The van der Waals surface area contributed by atoms with Crippen molar-refractivity contribution in [2.24, 2.45) is 11.3 Å². The van der Waals surface area contributed by atoms with Gasteiger partial charge in [0.1, 0.15) is 0 Å². The van der Waals surface area contributed by atoms with Gasteiger partial charge in [0.05, 0.1) is 11.6 Å². The third kappa shape index (κ3) is 3.44. The Kier molecular flexibility index (Phi) is 4.37. The molecule has 1 aliphatic rings. The molecule has 1 fully saturated rings. The normalized spacial score (nSPS) is 16.6. The van der Waals surface area contributed by atoms with E-state index in [9.17, 15) is 4.79 Å². The van der Waals surface area contributed by atoms with Gasteiger partial charge in [0.2, 0.25) is 0 Å². The molecule has 112 valence electrons. The molecule has 0 amide bonds. The zero-order valence-electron chi connectivity index (χ0n) is 13.4. The molecular formula is C18H24N2O. The zero-order chi connectivity index (χ0) is 15.6. The maximum Gasteiger partial charge on any atom is 0.161 e. The van der Waals surface area contributed by atoms with Crippen LogP contribution in [0.4, 0.5) is 5.69 Å². The summed E-state index contributed by atoms with van der Waals surface area (Å²) in [7, 11) is 0. The van der Waals surface area contributed by atoms with Gasteiger partial charge in [-0.05, 0) is 49.3 Å². The van der Waals surface area contributed by atoms with Crippen molar-refractivity contribution in [2.75, 3.05) is 18.0 Å². The summed E-state index contributed by atoms with van der Waals surface area (Å²) >= 11 is 0. The van der Waals surface area contributed by atoms with Crippen LogP contribution in [0.1, 0.15) is 56.5 Å². The number of carbonyl (C=O) groups is 1. The van der Waals surface area contributed by atoms with Crippen molar-refractivity contribution in [3.05, 3.63) is 29.3 Å². The summed E-state index contributed by atoms with van der Waals surface area (Å²) in [5.41, 5.74) is 2.61. The Labute approximate surface area is 127 Å². The van der Waals surface area contributed by atoms with E-state index in [1.54, 1.807) is 19.1 Å². The molecule has 1 aromatic carbocycles. The lowest BCUT2D eigenvalue weighted by atomic mass is 9.75. The molecule has 0 saturated carbocycles. The van der Waals surface area contributed by atoms with E-state index in [1.807, 2.05) is 6.07 Å². The molecule has 1 aliphatic heterocycles. The van der Waals surface area contributed by atoms with E-state index in [0.29, 0.717) is 16.9 Å². The van der Waals surface area contributed by atoms with Gasteiger partial charge in [0.15, 0.2) is 5.78 Å². The smallest absolute Gasteiger partial charge is 0.161 e. The number of ketones is 1. The molecule has 0 unspecified atom stereocenters. The first-order valence-corrected chi connectivity index (χ1v) is 7.63. The Morgan fingerprint density at radius 2 is 1.90 bits per heavy atom. The van der Waals surface area contributed by atoms with Gasteiger partial charge in [-0.3, -0.25) is 4.79 Å². The second kappa shape index (κ2) is 5.89. The lowest BCUT2D eigenvalue weighted by molar-refractivity contribution is 0.101. The average Bonchev–Trinajstić information content (AvgIpc) is 2.45. The van der Waals surface area contributed by atoms with Crippen LogP contribution in [-0.2, 0) is 0 Å². The Morgan fingerprint density at radius 1 is 1.29 bits per heavy atom. The largest absolute Gasteiger partial charge is 0.371 e. The van der Waals surface area contributed by atoms with Crippen LogP contribution in [0.2, 0.25) is 0 Å². The van der Waals surface area contributed by atoms with Gasteiger partial charge in [0, 0.05) is 24.3 Å². The van der Waals surface area contributed by atoms with Crippen molar-refractivity contribution in [1.29, 1.82) is 5.26 Å². The van der Waals surface area contributed by atoms with E-state index in [-0.39, 0.29) is 5.78 Å². The lowest BCUT2D eigenvalue weighted by Gasteiger charge is -2.40. The minimum atomic E-state index is 0.0624. The summed E-state index contributed by atoms with van der Waals surface area (Å²) in [6.07, 6.45) is 2.27. The minimum absolute atomic E-state index is 0.0624. The van der Waals surface area contributed by atoms with Crippen LogP contribution in [-0.4, -0.2) is 18.9 Å². The van der Waals surface area contributed by atoms with Crippen molar-refractivity contribution in [3.8, 4) is 6.07 Å². The number of hydrogen-bond donors (Lipinski definition) is 0. The lowest BCUT2D eigenvalue weighted by Crippen LogP contribution is -2.38. The van der Waals surface area contributed by atoms with Crippen molar-refractivity contribution in [1.82, 2.24) is 0 Å². The van der Waals surface area contributed by atoms with Crippen molar-refractivity contribution in [2.45, 2.75) is 40.5 Å². The van der Waals surface area contributed by atoms with Crippen molar-refractivity contribution in [3.63, 3.8) is 0 Å². The van der Waals surface area contributed by atoms with Crippen molar-refractivity contribution >= 4 is 11.5 Å². The fourth-order valence-electron chi connectivity index (χ4n) is 3.15. The van der Waals surface area contributed by atoms with Gasteiger partial charge in [-0.25, -0.2) is 0 Å². The van der Waals surface area contributed by atoms with Gasteiger partial charge in [0.25, 0.3) is 0 Å². The van der Waals surface area contributed by atoms with Gasteiger partial charge in [-0.2, -0.15) is 5.26 Å². The topological polar surface area (TPSA) is 44.1 Å². The first kappa shape index (κ1) is 15.6. The number of anilines is 1. The molecule has 1 aromatic rings. The van der Waals surface area contributed by atoms with E-state index in [1.165, 1.54) is 0 Å². The fraction of sp³-hybridized carbons (Fsp3) is 0.556. The highest BCUT2D eigenvalue weighted by Gasteiger charge is 2.29. The summed E-state index contributed by atoms with van der Waals surface area (Å²) in [6.45, 7) is 10.4. The summed E-state index contributed by atoms with van der Waals surface area (Å²) in [6, 6.07) is 7.53. The average molecular weight is 284 g/mol. The van der Waals surface area contributed by atoms with Crippen LogP contribution in [0.25, 0.3) is 0 Å². The van der Waals surface area contributed by atoms with Gasteiger partial charge < -0.3 is 4.90 Å². The molecule has 3 nitrogen and oxygen atoms in total. The quantitative estimate of drug-likeness (QED) is 0.770. The second-order valence-corrected chi connectivity index (χ2v) is 7.03. The molecule has 2 rings (SSSR count). The highest BCUT2D eigenvalue weighted by atomic mass is 16.1. The first-order chi connectivity index (χ1) is 9.82. The highest BCUT2D eigenvalue weighted by molar-refractivity contribution is 6.00. The SMILES string of the molecule is CC(=O)c1ccc(C#N)cc1N1CCC(C(C)(C)C)CC1. The number of hydrogen-bond acceptors (Lipinski definition) is 3. The van der Waals surface area contributed by atoms with Crippen LogP contribution in [0.3, 0.4) is 0 Å². The first-order valence-electron chi connectivity index (χ1n) is 7.63. The van der Waals surface area contributed by atoms with E-state index in [0.717, 1.165) is 37.2 Å². The Bertz CT molecular complexity index is 570. The Balaban J connectivity index is 2.23. The molecule has 0 aromatic heterocycles. The molecule has 3 heteroatoms. The summed E-state index contributed by atoms with van der Waals surface area (Å²) in [5, 5.41) is 9.09. The molecule has 0 atom stereocenters. The molecule has 1 heterocycles. The number of benzene rings is 1. The van der Waals surface area contributed by atoms with Crippen LogP contribution >= 0.6 is 0 Å². The van der Waals surface area contributed by atoms with Gasteiger partial charge >= 0.3 is 0 Å². The molecule has 0 aliphatic carbocycles. The number of carbonyl (C=O) groups excluding carboxylic acids is 1. The van der Waals surface area contributed by atoms with Crippen LogP contribution in [0.5, 0.6) is 0 Å². The number of piperidine rings is 1. The van der Waals surface area contributed by atoms with Gasteiger partial charge in [-0.15, -0.1) is 0 Å². The van der Waals surface area contributed by atoms with E-state index in [2.05, 4.69) is 31.7 Å². The van der Waals surface area contributed by atoms with Crippen molar-refractivity contribution < 1.29 is 4.79 Å². The summed E-state index contributed by atoms with van der Waals surface area (Å²) in [5.74, 6) is 0.779. The molecule has 0 bridgehead atoms. The predicted octanol–water partition coefficient (Wildman–Crippen LogP) is 4.02. The zero-order valence-corrected chi connectivity index (χ0v) is 13.4. The third-order valence-corrected chi connectivity index (χ3v) is 4.57. The molecule has 1 saturated heterocycles. The molecule has 21 heavy (non-hydrogen) atoms. The fourth-order valence-corrected chi connectivity index (χ4v) is 3.15. The highest BCUT2D eigenvalue weighted by Crippen LogP contribution is 2.36.